The second-order valence-corrected chi connectivity index (χ2v) is 5.99. The molecule has 0 unspecified atom stereocenters. The Labute approximate surface area is 111 Å². The highest BCUT2D eigenvalue weighted by atomic mass is 35.5. The van der Waals surface area contributed by atoms with E-state index in [2.05, 4.69) is 4.72 Å². The summed E-state index contributed by atoms with van der Waals surface area (Å²) in [5.41, 5.74) is 0.888. The van der Waals surface area contributed by atoms with E-state index in [0.29, 0.717) is 5.76 Å². The third-order valence-corrected chi connectivity index (χ3v) is 3.97. The third-order valence-electron chi connectivity index (χ3n) is 2.37. The SMILES string of the molecule is Cc1cccc(S(=O)(=O)NCc2ccc(Cl)o2)c1. The summed E-state index contributed by atoms with van der Waals surface area (Å²) >= 11 is 5.60. The first-order valence-electron chi connectivity index (χ1n) is 5.28. The van der Waals surface area contributed by atoms with Gasteiger partial charge in [0, 0.05) is 0 Å². The van der Waals surface area contributed by atoms with Gasteiger partial charge >= 0.3 is 0 Å². The van der Waals surface area contributed by atoms with Gasteiger partial charge in [-0.05, 0) is 48.4 Å². The summed E-state index contributed by atoms with van der Waals surface area (Å²) in [6.07, 6.45) is 0. The zero-order valence-electron chi connectivity index (χ0n) is 9.68. The van der Waals surface area contributed by atoms with Crippen LogP contribution >= 0.6 is 11.6 Å². The van der Waals surface area contributed by atoms with E-state index in [1.54, 1.807) is 30.3 Å². The molecule has 1 N–H and O–H groups in total. The maximum absolute atomic E-state index is 12.0. The fraction of sp³-hybridized carbons (Fsp3) is 0.167. The van der Waals surface area contributed by atoms with Crippen LogP contribution in [0.4, 0.5) is 0 Å². The number of aryl methyl sites for hydroxylation is 1. The fourth-order valence-corrected chi connectivity index (χ4v) is 2.74. The first kappa shape index (κ1) is 13.1. The van der Waals surface area contributed by atoms with Crippen LogP contribution in [0.5, 0.6) is 0 Å². The minimum Gasteiger partial charge on any atom is -0.448 e. The molecule has 2 rings (SSSR count). The second kappa shape index (κ2) is 5.14. The summed E-state index contributed by atoms with van der Waals surface area (Å²) in [6.45, 7) is 1.91. The van der Waals surface area contributed by atoms with Gasteiger partial charge in [0.05, 0.1) is 11.4 Å². The Kier molecular flexibility index (Phi) is 3.75. The average molecular weight is 286 g/mol. The molecule has 0 aliphatic rings. The van der Waals surface area contributed by atoms with Gasteiger partial charge in [0.1, 0.15) is 5.76 Å². The number of sulfonamides is 1. The monoisotopic (exact) mass is 285 g/mol. The van der Waals surface area contributed by atoms with Crippen LogP contribution in [0.1, 0.15) is 11.3 Å². The molecule has 0 radical (unpaired) electrons. The molecule has 0 fully saturated rings. The van der Waals surface area contributed by atoms with Crippen molar-refractivity contribution in [1.29, 1.82) is 0 Å². The van der Waals surface area contributed by atoms with Crippen molar-refractivity contribution in [3.63, 3.8) is 0 Å². The number of hydrogen-bond donors (Lipinski definition) is 1. The van der Waals surface area contributed by atoms with Crippen LogP contribution in [0.15, 0.2) is 45.7 Å². The number of hydrogen-bond acceptors (Lipinski definition) is 3. The molecule has 0 saturated carbocycles. The van der Waals surface area contributed by atoms with Gasteiger partial charge in [-0.2, -0.15) is 0 Å². The summed E-state index contributed by atoms with van der Waals surface area (Å²) in [5, 5.41) is 0.236. The highest BCUT2D eigenvalue weighted by molar-refractivity contribution is 7.89. The number of nitrogens with one attached hydrogen (secondary N) is 1. The summed E-state index contributed by atoms with van der Waals surface area (Å²) in [6, 6.07) is 9.89. The first-order chi connectivity index (χ1) is 8.47. The lowest BCUT2D eigenvalue weighted by Gasteiger charge is -2.05. The Morgan fingerprint density at radius 2 is 2.06 bits per heavy atom. The number of benzene rings is 1. The fourth-order valence-electron chi connectivity index (χ4n) is 1.48. The minimum atomic E-state index is -3.52. The summed E-state index contributed by atoms with van der Waals surface area (Å²) in [5.74, 6) is 0.469. The third kappa shape index (κ3) is 3.13. The maximum atomic E-state index is 12.0. The van der Waals surface area contributed by atoms with Crippen LogP contribution in [0.3, 0.4) is 0 Å². The topological polar surface area (TPSA) is 59.3 Å². The van der Waals surface area contributed by atoms with E-state index in [1.165, 1.54) is 0 Å². The van der Waals surface area contributed by atoms with Crippen molar-refractivity contribution < 1.29 is 12.8 Å². The Balaban J connectivity index is 2.13. The van der Waals surface area contributed by atoms with Gasteiger partial charge < -0.3 is 4.42 Å². The summed E-state index contributed by atoms with van der Waals surface area (Å²) in [4.78, 5) is 0.236. The lowest BCUT2D eigenvalue weighted by atomic mass is 10.2. The van der Waals surface area contributed by atoms with Gasteiger partial charge in [0.2, 0.25) is 10.0 Å². The van der Waals surface area contributed by atoms with Crippen LogP contribution in [-0.4, -0.2) is 8.42 Å². The average Bonchev–Trinajstić information content (AvgIpc) is 2.73. The van der Waals surface area contributed by atoms with E-state index in [4.69, 9.17) is 16.0 Å². The van der Waals surface area contributed by atoms with E-state index in [0.717, 1.165) is 5.56 Å². The molecule has 0 atom stereocenters. The van der Waals surface area contributed by atoms with Crippen molar-refractivity contribution in [1.82, 2.24) is 4.72 Å². The molecule has 0 aliphatic carbocycles. The predicted octanol–water partition coefficient (Wildman–Crippen LogP) is 2.72. The molecule has 18 heavy (non-hydrogen) atoms. The molecule has 4 nitrogen and oxygen atoms in total. The molecular formula is C12H12ClNO3S. The Morgan fingerprint density at radius 1 is 1.28 bits per heavy atom. The van der Waals surface area contributed by atoms with E-state index >= 15 is 0 Å². The molecular weight excluding hydrogens is 274 g/mol. The number of furan rings is 1. The molecule has 1 aromatic carbocycles. The molecule has 0 bridgehead atoms. The first-order valence-corrected chi connectivity index (χ1v) is 7.14. The molecule has 6 heteroatoms. The highest BCUT2D eigenvalue weighted by Gasteiger charge is 2.14. The molecule has 1 aromatic heterocycles. The smallest absolute Gasteiger partial charge is 0.240 e. The van der Waals surface area contributed by atoms with Crippen molar-refractivity contribution in [2.45, 2.75) is 18.4 Å². The summed E-state index contributed by atoms with van der Waals surface area (Å²) < 4.78 is 31.5. The lowest BCUT2D eigenvalue weighted by molar-refractivity contribution is 0.500. The van der Waals surface area contributed by atoms with Crippen LogP contribution in [-0.2, 0) is 16.6 Å². The van der Waals surface area contributed by atoms with E-state index in [-0.39, 0.29) is 16.7 Å². The van der Waals surface area contributed by atoms with Gasteiger partial charge in [-0.3, -0.25) is 0 Å². The normalized spacial score (nSPS) is 11.7. The Morgan fingerprint density at radius 3 is 2.67 bits per heavy atom. The quantitative estimate of drug-likeness (QED) is 0.939. The van der Waals surface area contributed by atoms with Gasteiger partial charge in [-0.1, -0.05) is 12.1 Å². The Bertz CT molecular complexity index is 649. The highest BCUT2D eigenvalue weighted by Crippen LogP contribution is 2.15. The molecule has 0 aliphatic heterocycles. The van der Waals surface area contributed by atoms with E-state index in [9.17, 15) is 8.42 Å². The zero-order valence-corrected chi connectivity index (χ0v) is 11.3. The van der Waals surface area contributed by atoms with Crippen molar-refractivity contribution >= 4 is 21.6 Å². The van der Waals surface area contributed by atoms with Crippen molar-refractivity contribution in [3.05, 3.63) is 52.9 Å². The minimum absolute atomic E-state index is 0.0724. The maximum Gasteiger partial charge on any atom is 0.240 e. The molecule has 1 heterocycles. The standard InChI is InChI=1S/C12H12ClNO3S/c1-9-3-2-4-11(7-9)18(15,16)14-8-10-5-6-12(13)17-10/h2-7,14H,8H2,1H3. The number of rotatable bonds is 4. The zero-order chi connectivity index (χ0) is 13.2. The Hall–Kier alpha value is -1.30. The largest absolute Gasteiger partial charge is 0.448 e. The van der Waals surface area contributed by atoms with Crippen LogP contribution < -0.4 is 4.72 Å². The molecule has 0 spiro atoms. The molecule has 0 amide bonds. The van der Waals surface area contributed by atoms with Crippen molar-refractivity contribution in [3.8, 4) is 0 Å². The van der Waals surface area contributed by atoms with E-state index < -0.39 is 10.0 Å². The summed E-state index contributed by atoms with van der Waals surface area (Å²) in [7, 11) is -3.52. The molecule has 2 aromatic rings. The van der Waals surface area contributed by atoms with Gasteiger partial charge in [0.25, 0.3) is 0 Å². The van der Waals surface area contributed by atoms with Gasteiger partial charge in [-0.25, -0.2) is 13.1 Å². The second-order valence-electron chi connectivity index (χ2n) is 3.85. The van der Waals surface area contributed by atoms with Crippen LogP contribution in [0.2, 0.25) is 5.22 Å². The lowest BCUT2D eigenvalue weighted by Crippen LogP contribution is -2.23. The van der Waals surface area contributed by atoms with Crippen LogP contribution in [0, 0.1) is 6.92 Å². The van der Waals surface area contributed by atoms with Gasteiger partial charge in [0.15, 0.2) is 5.22 Å². The molecule has 96 valence electrons. The van der Waals surface area contributed by atoms with Crippen LogP contribution in [0.25, 0.3) is 0 Å². The predicted molar refractivity (Wildman–Crippen MR) is 68.9 cm³/mol. The van der Waals surface area contributed by atoms with E-state index in [1.807, 2.05) is 13.0 Å². The number of halogens is 1. The van der Waals surface area contributed by atoms with Gasteiger partial charge in [-0.15, -0.1) is 0 Å². The molecule has 0 saturated heterocycles. The van der Waals surface area contributed by atoms with Crippen molar-refractivity contribution in [2.75, 3.05) is 0 Å². The van der Waals surface area contributed by atoms with Crippen molar-refractivity contribution in [2.24, 2.45) is 0 Å².